The summed E-state index contributed by atoms with van der Waals surface area (Å²) in [5.41, 5.74) is 6.80. The van der Waals surface area contributed by atoms with Crippen molar-refractivity contribution < 1.29 is 0 Å². The highest BCUT2D eigenvalue weighted by Crippen LogP contribution is 2.42. The highest BCUT2D eigenvalue weighted by molar-refractivity contribution is 7.80. The molecule has 2 atom stereocenters. The molecule has 2 aromatic heterocycles. The molecule has 1 saturated heterocycles. The Morgan fingerprint density at radius 1 is 0.912 bits per heavy atom. The van der Waals surface area contributed by atoms with Gasteiger partial charge in [-0.1, -0.05) is 25.1 Å². The molecule has 0 bridgehead atoms. The zero-order chi connectivity index (χ0) is 23.7. The second kappa shape index (κ2) is 9.31. The quantitative estimate of drug-likeness (QED) is 0.369. The minimum absolute atomic E-state index is 0.0570. The predicted octanol–water partition coefficient (Wildman–Crippen LogP) is 5.68. The average Bonchev–Trinajstić information content (AvgIpc) is 3.49. The van der Waals surface area contributed by atoms with Crippen molar-refractivity contribution in [1.29, 1.82) is 0 Å². The van der Waals surface area contributed by atoms with Crippen molar-refractivity contribution in [1.82, 2.24) is 14.9 Å². The van der Waals surface area contributed by atoms with Crippen LogP contribution in [0.25, 0.3) is 5.69 Å². The van der Waals surface area contributed by atoms with Crippen LogP contribution >= 0.6 is 12.2 Å². The molecule has 5 nitrogen and oxygen atoms in total. The number of nitrogens with zero attached hydrogens (tertiary/aromatic N) is 4. The fraction of sp³-hybridized carbons (Fsp3) is 0.214. The van der Waals surface area contributed by atoms with E-state index in [1.807, 2.05) is 18.3 Å². The molecule has 1 N–H and O–H groups in total. The van der Waals surface area contributed by atoms with Crippen molar-refractivity contribution in [2.75, 3.05) is 23.9 Å². The number of aromatic nitrogens is 2. The highest BCUT2D eigenvalue weighted by Gasteiger charge is 2.42. The SMILES string of the molecule is CCc1ccc(N2C(=S)N[C@@H](c3ccccn3)[C@H]2c2cccn2-c2ccc(N(C)C)cc2)cc1. The Hall–Kier alpha value is -3.64. The molecular weight excluding hydrogens is 438 g/mol. The summed E-state index contributed by atoms with van der Waals surface area (Å²) in [5, 5.41) is 4.27. The van der Waals surface area contributed by atoms with Crippen molar-refractivity contribution in [3.8, 4) is 5.69 Å². The molecule has 2 aromatic carbocycles. The van der Waals surface area contributed by atoms with Gasteiger partial charge in [0.25, 0.3) is 0 Å². The second-order valence-electron chi connectivity index (χ2n) is 8.73. The maximum absolute atomic E-state index is 5.89. The summed E-state index contributed by atoms with van der Waals surface area (Å²) in [6, 6.07) is 27.5. The van der Waals surface area contributed by atoms with E-state index < -0.39 is 0 Å². The molecule has 0 amide bonds. The molecule has 0 unspecified atom stereocenters. The standard InChI is InChI=1S/C28H29N5S/c1-4-20-10-12-23(13-11-20)33-27(26(30-28(33)34)24-8-5-6-18-29-24)25-9-7-19-32(25)22-16-14-21(15-17-22)31(2)3/h5-19,26-27H,4H2,1-3H3,(H,30,34)/t26-,27+/m0/s1. The lowest BCUT2D eigenvalue weighted by molar-refractivity contribution is 0.549. The van der Waals surface area contributed by atoms with Gasteiger partial charge in [0.2, 0.25) is 0 Å². The number of hydrogen-bond donors (Lipinski definition) is 1. The summed E-state index contributed by atoms with van der Waals surface area (Å²) < 4.78 is 2.25. The molecule has 172 valence electrons. The molecule has 0 spiro atoms. The zero-order valence-electron chi connectivity index (χ0n) is 19.7. The summed E-state index contributed by atoms with van der Waals surface area (Å²) in [4.78, 5) is 9.02. The summed E-state index contributed by atoms with van der Waals surface area (Å²) in [6.45, 7) is 2.17. The second-order valence-corrected chi connectivity index (χ2v) is 9.12. The van der Waals surface area contributed by atoms with E-state index in [4.69, 9.17) is 12.2 Å². The number of rotatable bonds is 6. The van der Waals surface area contributed by atoms with Gasteiger partial charge in [-0.15, -0.1) is 0 Å². The number of nitrogens with one attached hydrogen (secondary N) is 1. The van der Waals surface area contributed by atoms with Crippen LogP contribution in [0.2, 0.25) is 0 Å². The third-order valence-electron chi connectivity index (χ3n) is 6.45. The Labute approximate surface area is 206 Å². The van der Waals surface area contributed by atoms with E-state index in [0.29, 0.717) is 5.11 Å². The zero-order valence-corrected chi connectivity index (χ0v) is 20.5. The Morgan fingerprint density at radius 3 is 2.29 bits per heavy atom. The smallest absolute Gasteiger partial charge is 0.174 e. The molecule has 0 saturated carbocycles. The van der Waals surface area contributed by atoms with Gasteiger partial charge in [-0.05, 0) is 84.9 Å². The first-order valence-corrected chi connectivity index (χ1v) is 12.0. The van der Waals surface area contributed by atoms with Crippen molar-refractivity contribution in [2.45, 2.75) is 25.4 Å². The van der Waals surface area contributed by atoms with E-state index in [1.54, 1.807) is 0 Å². The minimum Gasteiger partial charge on any atom is -0.378 e. The molecule has 4 aromatic rings. The lowest BCUT2D eigenvalue weighted by Gasteiger charge is -2.29. The van der Waals surface area contributed by atoms with E-state index in [-0.39, 0.29) is 12.1 Å². The van der Waals surface area contributed by atoms with Gasteiger partial charge < -0.3 is 19.7 Å². The van der Waals surface area contributed by atoms with E-state index in [1.165, 1.54) is 11.3 Å². The Morgan fingerprint density at radius 2 is 1.65 bits per heavy atom. The molecule has 0 radical (unpaired) electrons. The monoisotopic (exact) mass is 467 g/mol. The van der Waals surface area contributed by atoms with Crippen molar-refractivity contribution in [2.24, 2.45) is 0 Å². The Balaban J connectivity index is 1.61. The van der Waals surface area contributed by atoms with E-state index in [2.05, 4.69) is 119 Å². The first-order valence-electron chi connectivity index (χ1n) is 11.6. The van der Waals surface area contributed by atoms with Gasteiger partial charge in [-0.25, -0.2) is 0 Å². The van der Waals surface area contributed by atoms with E-state index in [0.717, 1.165) is 29.2 Å². The van der Waals surface area contributed by atoms with Gasteiger partial charge >= 0.3 is 0 Å². The normalized spacial score (nSPS) is 17.6. The van der Waals surface area contributed by atoms with Gasteiger partial charge in [0.15, 0.2) is 5.11 Å². The Bertz CT molecular complexity index is 1260. The number of benzene rings is 2. The lowest BCUT2D eigenvalue weighted by atomic mass is 10.0. The molecule has 6 heteroatoms. The molecule has 5 rings (SSSR count). The van der Waals surface area contributed by atoms with Gasteiger partial charge in [0.1, 0.15) is 6.04 Å². The summed E-state index contributed by atoms with van der Waals surface area (Å²) in [7, 11) is 4.11. The molecule has 1 aliphatic heterocycles. The summed E-state index contributed by atoms with van der Waals surface area (Å²) in [5.74, 6) is 0. The first kappa shape index (κ1) is 22.2. The van der Waals surface area contributed by atoms with Crippen LogP contribution in [0.15, 0.2) is 91.3 Å². The van der Waals surface area contributed by atoms with Gasteiger partial charge in [-0.3, -0.25) is 4.98 Å². The van der Waals surface area contributed by atoms with Crippen LogP contribution < -0.4 is 15.1 Å². The highest BCUT2D eigenvalue weighted by atomic mass is 32.1. The fourth-order valence-electron chi connectivity index (χ4n) is 4.61. The number of aryl methyl sites for hydroxylation is 1. The van der Waals surface area contributed by atoms with Gasteiger partial charge in [0.05, 0.1) is 11.7 Å². The van der Waals surface area contributed by atoms with E-state index >= 15 is 0 Å². The predicted molar refractivity (Wildman–Crippen MR) is 144 cm³/mol. The molecule has 0 aliphatic carbocycles. The summed E-state index contributed by atoms with van der Waals surface area (Å²) >= 11 is 5.89. The third kappa shape index (κ3) is 4.05. The first-order chi connectivity index (χ1) is 16.6. The topological polar surface area (TPSA) is 36.3 Å². The van der Waals surface area contributed by atoms with Gasteiger partial charge in [-0.2, -0.15) is 0 Å². The van der Waals surface area contributed by atoms with Crippen molar-refractivity contribution >= 4 is 28.7 Å². The lowest BCUT2D eigenvalue weighted by Crippen LogP contribution is -2.30. The molecular formula is C28H29N5S. The number of anilines is 2. The van der Waals surface area contributed by atoms with Crippen LogP contribution in [0.5, 0.6) is 0 Å². The molecule has 1 fully saturated rings. The number of pyridine rings is 1. The van der Waals surface area contributed by atoms with Gasteiger partial charge in [0, 0.05) is 49.2 Å². The maximum atomic E-state index is 5.89. The number of hydrogen-bond acceptors (Lipinski definition) is 3. The minimum atomic E-state index is -0.0748. The van der Waals surface area contributed by atoms with Crippen LogP contribution in [0.1, 0.15) is 36.0 Å². The Kier molecular flexibility index (Phi) is 6.07. The molecule has 34 heavy (non-hydrogen) atoms. The van der Waals surface area contributed by atoms with Crippen LogP contribution in [0, 0.1) is 0 Å². The third-order valence-corrected chi connectivity index (χ3v) is 6.76. The number of thiocarbonyl (C=S) groups is 1. The van der Waals surface area contributed by atoms with Crippen LogP contribution in [-0.4, -0.2) is 28.8 Å². The largest absolute Gasteiger partial charge is 0.378 e. The van der Waals surface area contributed by atoms with Crippen LogP contribution in [0.3, 0.4) is 0 Å². The summed E-state index contributed by atoms with van der Waals surface area (Å²) in [6.07, 6.45) is 4.97. The van der Waals surface area contributed by atoms with Crippen LogP contribution in [-0.2, 0) is 6.42 Å². The molecule has 3 heterocycles. The van der Waals surface area contributed by atoms with Crippen molar-refractivity contribution in [3.63, 3.8) is 0 Å². The molecule has 1 aliphatic rings. The maximum Gasteiger partial charge on any atom is 0.174 e. The van der Waals surface area contributed by atoms with E-state index in [9.17, 15) is 0 Å². The van der Waals surface area contributed by atoms with Crippen molar-refractivity contribution in [3.05, 3.63) is 108 Å². The fourth-order valence-corrected chi connectivity index (χ4v) is 4.95. The average molecular weight is 468 g/mol. The van der Waals surface area contributed by atoms with Crippen LogP contribution in [0.4, 0.5) is 11.4 Å².